The van der Waals surface area contributed by atoms with E-state index in [2.05, 4.69) is 0 Å². The Morgan fingerprint density at radius 1 is 1.50 bits per heavy atom. The number of aliphatic hydroxyl groups excluding tert-OH is 1. The lowest BCUT2D eigenvalue weighted by Gasteiger charge is -2.34. The third-order valence-electron chi connectivity index (χ3n) is 3.08. The third kappa shape index (κ3) is 4.10. The minimum Gasteiger partial charge on any atom is -0.391 e. The average molecular weight is 229 g/mol. The second-order valence-corrected chi connectivity index (χ2v) is 4.54. The fourth-order valence-corrected chi connectivity index (χ4v) is 1.84. The summed E-state index contributed by atoms with van der Waals surface area (Å²) < 4.78 is 5.28. The van der Waals surface area contributed by atoms with Gasteiger partial charge in [0, 0.05) is 19.7 Å². The molecule has 0 saturated carbocycles. The van der Waals surface area contributed by atoms with E-state index in [1.165, 1.54) is 0 Å². The standard InChI is InChI=1S/C12H23NO3/c1-3-7-16-8-5-12(15)13-6-4-10(2)11(14)9-13/h10-11,14H,3-9H2,1-2H3. The molecule has 1 aliphatic rings. The number of carbonyl (C=O) groups is 1. The van der Waals surface area contributed by atoms with Gasteiger partial charge in [-0.15, -0.1) is 0 Å². The molecule has 0 aliphatic carbocycles. The van der Waals surface area contributed by atoms with Gasteiger partial charge in [-0.25, -0.2) is 0 Å². The van der Waals surface area contributed by atoms with Gasteiger partial charge in [-0.05, 0) is 18.8 Å². The molecule has 2 atom stereocenters. The number of hydrogen-bond donors (Lipinski definition) is 1. The Morgan fingerprint density at radius 3 is 2.88 bits per heavy atom. The van der Waals surface area contributed by atoms with E-state index in [0.717, 1.165) is 19.4 Å². The molecule has 4 heteroatoms. The lowest BCUT2D eigenvalue weighted by atomic mass is 9.96. The van der Waals surface area contributed by atoms with Crippen LogP contribution in [0.1, 0.15) is 33.1 Å². The predicted octanol–water partition coefficient (Wildman–Crippen LogP) is 1.03. The van der Waals surface area contributed by atoms with E-state index >= 15 is 0 Å². The highest BCUT2D eigenvalue weighted by Gasteiger charge is 2.26. The molecule has 0 aromatic carbocycles. The molecule has 1 fully saturated rings. The number of nitrogens with zero attached hydrogens (tertiary/aromatic N) is 1. The van der Waals surface area contributed by atoms with Gasteiger partial charge < -0.3 is 14.7 Å². The Bertz CT molecular complexity index is 220. The van der Waals surface area contributed by atoms with Gasteiger partial charge >= 0.3 is 0 Å². The summed E-state index contributed by atoms with van der Waals surface area (Å²) in [6, 6.07) is 0. The minimum absolute atomic E-state index is 0.0991. The van der Waals surface area contributed by atoms with Gasteiger partial charge in [0.1, 0.15) is 0 Å². The molecule has 0 aromatic rings. The highest BCUT2D eigenvalue weighted by molar-refractivity contribution is 5.76. The largest absolute Gasteiger partial charge is 0.391 e. The van der Waals surface area contributed by atoms with Gasteiger partial charge in [0.2, 0.25) is 5.91 Å². The number of amides is 1. The van der Waals surface area contributed by atoms with Crippen molar-refractivity contribution in [2.24, 2.45) is 5.92 Å². The normalized spacial score (nSPS) is 25.8. The van der Waals surface area contributed by atoms with Crippen molar-refractivity contribution >= 4 is 5.91 Å². The molecule has 0 aromatic heterocycles. The fourth-order valence-electron chi connectivity index (χ4n) is 1.84. The summed E-state index contributed by atoms with van der Waals surface area (Å²) >= 11 is 0. The highest BCUT2D eigenvalue weighted by Crippen LogP contribution is 2.17. The van der Waals surface area contributed by atoms with E-state index < -0.39 is 0 Å². The quantitative estimate of drug-likeness (QED) is 0.716. The average Bonchev–Trinajstić information content (AvgIpc) is 2.28. The smallest absolute Gasteiger partial charge is 0.224 e. The number of ether oxygens (including phenoxy) is 1. The zero-order valence-electron chi connectivity index (χ0n) is 10.3. The van der Waals surface area contributed by atoms with E-state index in [9.17, 15) is 9.90 Å². The lowest BCUT2D eigenvalue weighted by molar-refractivity contribution is -0.136. The molecule has 1 amide bonds. The molecule has 1 saturated heterocycles. The van der Waals surface area contributed by atoms with Gasteiger partial charge in [-0.2, -0.15) is 0 Å². The number of rotatable bonds is 5. The van der Waals surface area contributed by atoms with Crippen LogP contribution in [0.15, 0.2) is 0 Å². The van der Waals surface area contributed by atoms with E-state index in [-0.39, 0.29) is 12.0 Å². The Morgan fingerprint density at radius 2 is 2.25 bits per heavy atom. The SMILES string of the molecule is CCCOCCC(=O)N1CCC(C)C(O)C1. The molecule has 1 aliphatic heterocycles. The van der Waals surface area contributed by atoms with Gasteiger partial charge in [-0.3, -0.25) is 4.79 Å². The Kier molecular flexibility index (Phi) is 5.77. The molecule has 1 N–H and O–H groups in total. The summed E-state index contributed by atoms with van der Waals surface area (Å²) in [4.78, 5) is 13.5. The third-order valence-corrected chi connectivity index (χ3v) is 3.08. The predicted molar refractivity (Wildman–Crippen MR) is 62.1 cm³/mol. The van der Waals surface area contributed by atoms with Crippen LogP contribution in [0.5, 0.6) is 0 Å². The Hall–Kier alpha value is -0.610. The highest BCUT2D eigenvalue weighted by atomic mass is 16.5. The summed E-state index contributed by atoms with van der Waals surface area (Å²) in [7, 11) is 0. The van der Waals surface area contributed by atoms with Crippen LogP contribution >= 0.6 is 0 Å². The molecule has 1 rings (SSSR count). The summed E-state index contributed by atoms with van der Waals surface area (Å²) in [5, 5.41) is 9.68. The topological polar surface area (TPSA) is 49.8 Å². The first-order valence-corrected chi connectivity index (χ1v) is 6.18. The van der Waals surface area contributed by atoms with Crippen molar-refractivity contribution in [3.05, 3.63) is 0 Å². The second kappa shape index (κ2) is 6.86. The Balaban J connectivity index is 2.21. The second-order valence-electron chi connectivity index (χ2n) is 4.54. The first kappa shape index (κ1) is 13.5. The van der Waals surface area contributed by atoms with Gasteiger partial charge in [0.15, 0.2) is 0 Å². The molecule has 0 bridgehead atoms. The Labute approximate surface area is 97.6 Å². The van der Waals surface area contributed by atoms with Crippen molar-refractivity contribution in [3.8, 4) is 0 Å². The molecule has 0 radical (unpaired) electrons. The first-order valence-electron chi connectivity index (χ1n) is 6.18. The van der Waals surface area contributed by atoms with E-state index in [0.29, 0.717) is 32.1 Å². The van der Waals surface area contributed by atoms with Crippen LogP contribution in [0.4, 0.5) is 0 Å². The first-order chi connectivity index (χ1) is 7.65. The van der Waals surface area contributed by atoms with Crippen LogP contribution in [0, 0.1) is 5.92 Å². The van der Waals surface area contributed by atoms with Crippen LogP contribution in [-0.2, 0) is 9.53 Å². The lowest BCUT2D eigenvalue weighted by Crippen LogP contribution is -2.46. The molecule has 1 heterocycles. The van der Waals surface area contributed by atoms with Crippen LogP contribution in [0.25, 0.3) is 0 Å². The zero-order valence-corrected chi connectivity index (χ0v) is 10.3. The number of aliphatic hydroxyl groups is 1. The van der Waals surface area contributed by atoms with Gasteiger partial charge in [0.05, 0.1) is 19.1 Å². The fraction of sp³-hybridized carbons (Fsp3) is 0.917. The maximum Gasteiger partial charge on any atom is 0.224 e. The summed E-state index contributed by atoms with van der Waals surface area (Å²) in [6.45, 7) is 6.53. The molecule has 2 unspecified atom stereocenters. The van der Waals surface area contributed by atoms with Crippen molar-refractivity contribution in [1.82, 2.24) is 4.90 Å². The van der Waals surface area contributed by atoms with Crippen molar-refractivity contribution in [3.63, 3.8) is 0 Å². The number of piperidine rings is 1. The molecular formula is C12H23NO3. The van der Waals surface area contributed by atoms with Gasteiger partial charge in [-0.1, -0.05) is 13.8 Å². The molecule has 16 heavy (non-hydrogen) atoms. The van der Waals surface area contributed by atoms with E-state index in [1.54, 1.807) is 4.90 Å². The number of β-amino-alcohol motifs (C(OH)–C–C–N with tert-alkyl or cyclic N) is 1. The van der Waals surface area contributed by atoms with Crippen LogP contribution in [-0.4, -0.2) is 48.3 Å². The van der Waals surface area contributed by atoms with Crippen LogP contribution < -0.4 is 0 Å². The van der Waals surface area contributed by atoms with Gasteiger partial charge in [0.25, 0.3) is 0 Å². The van der Waals surface area contributed by atoms with Crippen LogP contribution in [0.2, 0.25) is 0 Å². The zero-order chi connectivity index (χ0) is 12.0. The van der Waals surface area contributed by atoms with Crippen molar-refractivity contribution < 1.29 is 14.6 Å². The molecule has 0 spiro atoms. The maximum absolute atomic E-state index is 11.7. The monoisotopic (exact) mass is 229 g/mol. The van der Waals surface area contributed by atoms with Crippen molar-refractivity contribution in [2.45, 2.75) is 39.2 Å². The van der Waals surface area contributed by atoms with Crippen molar-refractivity contribution in [1.29, 1.82) is 0 Å². The van der Waals surface area contributed by atoms with E-state index in [4.69, 9.17) is 4.74 Å². The number of hydrogen-bond acceptors (Lipinski definition) is 3. The summed E-state index contributed by atoms with van der Waals surface area (Å²) in [6.07, 6.45) is 1.94. The summed E-state index contributed by atoms with van der Waals surface area (Å²) in [5.41, 5.74) is 0. The van der Waals surface area contributed by atoms with Crippen LogP contribution in [0.3, 0.4) is 0 Å². The number of likely N-dealkylation sites (tertiary alicyclic amines) is 1. The van der Waals surface area contributed by atoms with E-state index in [1.807, 2.05) is 13.8 Å². The van der Waals surface area contributed by atoms with Crippen molar-refractivity contribution in [2.75, 3.05) is 26.3 Å². The molecular weight excluding hydrogens is 206 g/mol. The maximum atomic E-state index is 11.7. The number of carbonyl (C=O) groups excluding carboxylic acids is 1. The minimum atomic E-state index is -0.366. The molecule has 4 nitrogen and oxygen atoms in total. The molecule has 94 valence electrons. The summed E-state index contributed by atoms with van der Waals surface area (Å²) in [5.74, 6) is 0.405.